The van der Waals surface area contributed by atoms with Crippen molar-refractivity contribution in [2.24, 2.45) is 17.3 Å². The number of carbonyl (C=O) groups excluding carboxylic acids is 7. The van der Waals surface area contributed by atoms with Gasteiger partial charge in [-0.05, 0) is 121 Å². The van der Waals surface area contributed by atoms with Gasteiger partial charge >= 0.3 is 18.2 Å². The minimum atomic E-state index is -2.69. The zero-order valence-electron chi connectivity index (χ0n) is 54.4. The van der Waals surface area contributed by atoms with E-state index < -0.39 is 62.7 Å². The van der Waals surface area contributed by atoms with Crippen molar-refractivity contribution in [3.05, 3.63) is 138 Å². The number of methoxy groups -OCH3 is 2. The second-order valence-electron chi connectivity index (χ2n) is 26.2. The average molecular weight is 1270 g/mol. The Labute approximate surface area is 534 Å². The third-order valence-corrected chi connectivity index (χ3v) is 22.9. The van der Waals surface area contributed by atoms with Crippen LogP contribution in [-0.2, 0) is 46.0 Å². The monoisotopic (exact) mass is 1270 g/mol. The predicted octanol–water partition coefficient (Wildman–Crippen LogP) is 11.8. The largest absolute Gasteiger partial charge is 0.497 e. The molecule has 91 heavy (non-hydrogen) atoms. The molecule has 4 aromatic rings. The van der Waals surface area contributed by atoms with Crippen molar-refractivity contribution in [2.45, 2.75) is 143 Å². The van der Waals surface area contributed by atoms with Crippen LogP contribution < -0.4 is 34.1 Å². The summed E-state index contributed by atoms with van der Waals surface area (Å²) in [4.78, 5) is 104. The molecular formula is C70H87N5O15Si. The third kappa shape index (κ3) is 15.0. The number of benzene rings is 4. The predicted molar refractivity (Wildman–Crippen MR) is 347 cm³/mol. The molecule has 20 nitrogen and oxygen atoms in total. The van der Waals surface area contributed by atoms with Crippen molar-refractivity contribution >= 4 is 66.9 Å². The maximum absolute atomic E-state index is 15.2. The van der Waals surface area contributed by atoms with Gasteiger partial charge in [-0.2, -0.15) is 0 Å². The van der Waals surface area contributed by atoms with E-state index in [1.54, 1.807) is 67.5 Å². The van der Waals surface area contributed by atoms with Crippen LogP contribution in [-0.4, -0.2) is 138 Å². The fourth-order valence-corrected chi connectivity index (χ4v) is 13.1. The van der Waals surface area contributed by atoms with E-state index in [0.29, 0.717) is 76.7 Å². The number of ketones is 1. The molecule has 0 bridgehead atoms. The summed E-state index contributed by atoms with van der Waals surface area (Å²) in [6.07, 6.45) is 5.84. The number of carbonyl (C=O) groups is 7. The zero-order valence-corrected chi connectivity index (χ0v) is 55.4. The van der Waals surface area contributed by atoms with Crippen molar-refractivity contribution in [3.63, 3.8) is 0 Å². The van der Waals surface area contributed by atoms with Gasteiger partial charge in [0.05, 0.1) is 86.9 Å². The third-order valence-electron chi connectivity index (χ3n) is 18.4. The average Bonchev–Trinajstić information content (AvgIpc) is 1.61. The number of esters is 1. The van der Waals surface area contributed by atoms with Crippen LogP contribution in [0.25, 0.3) is 5.57 Å². The first-order chi connectivity index (χ1) is 43.3. The number of ether oxygens (including phenoxy) is 7. The highest BCUT2D eigenvalue weighted by Crippen LogP contribution is 2.58. The molecule has 1 spiro atoms. The van der Waals surface area contributed by atoms with Crippen LogP contribution in [0.2, 0.25) is 18.1 Å². The standard InChI is InChI=1S/C70H87N5O15Si/c1-14-27-87-62(77)35-52(43(3)4)63(78)71-45(6)58(76)32-46-17-19-47(20-18-46)41-89-68(82)75-56-37-59(44(5)31-53(56)65(80)74-42-70(25-26-70)38-57(74)66(75)90-91(12,13)69(7,8)9)85-29-16-30-86-61-36-55-54(34-60(61)84-11)64(79)72-39-49(48-21-23-51(83-10)24-22-48)33-50(72)40-73(55)67(81)88-28-15-2/h14-15,17-24,31,34,36-37,39,43,45,50,52,57,66H,1-2,16,25-30,32-33,35,38,40-42H2,3-13H3,(H,71,78)/t45-,50-,52-,57-,66?/m0/s1. The Kier molecular flexibility index (Phi) is 20.6. The second kappa shape index (κ2) is 28.0. The Morgan fingerprint density at radius 3 is 2.07 bits per heavy atom. The lowest BCUT2D eigenvalue weighted by Gasteiger charge is -2.44. The molecule has 1 saturated heterocycles. The molecule has 1 saturated carbocycles. The van der Waals surface area contributed by atoms with E-state index in [4.69, 9.17) is 37.6 Å². The number of Topliss-reactive ketones (excluding diaryl/α,β-unsaturated/α-hetero) is 1. The first kappa shape index (κ1) is 67.0. The molecule has 1 aliphatic carbocycles. The summed E-state index contributed by atoms with van der Waals surface area (Å²) in [6.45, 7) is 25.9. The highest BCUT2D eigenvalue weighted by molar-refractivity contribution is 6.74. The van der Waals surface area contributed by atoms with Crippen LogP contribution in [0, 0.1) is 24.2 Å². The van der Waals surface area contributed by atoms with Gasteiger partial charge in [-0.3, -0.25) is 28.9 Å². The van der Waals surface area contributed by atoms with E-state index in [9.17, 15) is 24.0 Å². The Bertz CT molecular complexity index is 3460. The number of fused-ring (bicyclic) bond motifs is 4. The summed E-state index contributed by atoms with van der Waals surface area (Å²) in [5.74, 6) is -0.838. The molecule has 1 unspecified atom stereocenters. The highest BCUT2D eigenvalue weighted by atomic mass is 28.4. The molecule has 4 aliphatic heterocycles. The lowest BCUT2D eigenvalue weighted by atomic mass is 9.91. The lowest BCUT2D eigenvalue weighted by molar-refractivity contribution is -0.146. The summed E-state index contributed by atoms with van der Waals surface area (Å²) in [5, 5.41) is 2.51. The number of amides is 5. The maximum Gasteiger partial charge on any atom is 0.416 e. The number of hydrogen-bond donors (Lipinski definition) is 1. The number of nitrogens with zero attached hydrogens (tertiary/aromatic N) is 4. The van der Waals surface area contributed by atoms with Crippen molar-refractivity contribution in [1.29, 1.82) is 0 Å². The van der Waals surface area contributed by atoms with Crippen LogP contribution in [0.15, 0.2) is 104 Å². The second-order valence-corrected chi connectivity index (χ2v) is 31.0. The molecule has 0 aromatic heterocycles. The normalized spacial score (nSPS) is 18.7. The fraction of sp³-hybridized carbons (Fsp3) is 0.471. The Balaban J connectivity index is 0.922. The van der Waals surface area contributed by atoms with Gasteiger partial charge in [0.1, 0.15) is 31.3 Å². The molecule has 0 radical (unpaired) electrons. The molecule has 9 rings (SSSR count). The van der Waals surface area contributed by atoms with Gasteiger partial charge in [0.15, 0.2) is 31.8 Å². The number of anilines is 2. The summed E-state index contributed by atoms with van der Waals surface area (Å²) in [7, 11) is 0.396. The van der Waals surface area contributed by atoms with Crippen molar-refractivity contribution in [2.75, 3.05) is 63.5 Å². The summed E-state index contributed by atoms with van der Waals surface area (Å²) in [5.41, 5.74) is 4.96. The maximum atomic E-state index is 15.2. The zero-order chi connectivity index (χ0) is 65.7. The first-order valence-electron chi connectivity index (χ1n) is 31.3. The van der Waals surface area contributed by atoms with E-state index in [-0.39, 0.29) is 97.7 Å². The molecule has 486 valence electrons. The molecule has 5 atom stereocenters. The molecule has 4 heterocycles. The Morgan fingerprint density at radius 1 is 0.780 bits per heavy atom. The van der Waals surface area contributed by atoms with Crippen molar-refractivity contribution in [1.82, 2.24) is 15.1 Å². The van der Waals surface area contributed by atoms with Gasteiger partial charge in [-0.1, -0.05) is 96.3 Å². The number of aryl methyl sites for hydroxylation is 1. The van der Waals surface area contributed by atoms with Gasteiger partial charge in [-0.25, -0.2) is 14.5 Å². The lowest BCUT2D eigenvalue weighted by Crippen LogP contribution is -2.58. The Hall–Kier alpha value is -8.43. The topological polar surface area (TPSA) is 218 Å². The van der Waals surface area contributed by atoms with Gasteiger partial charge in [0.25, 0.3) is 11.8 Å². The van der Waals surface area contributed by atoms with Crippen LogP contribution in [0.3, 0.4) is 0 Å². The molecule has 21 heteroatoms. The Morgan fingerprint density at radius 2 is 1.43 bits per heavy atom. The van der Waals surface area contributed by atoms with Gasteiger partial charge < -0.3 is 52.7 Å². The molecule has 5 amide bonds. The summed E-state index contributed by atoms with van der Waals surface area (Å²) in [6, 6.07) is 19.7. The van der Waals surface area contributed by atoms with Gasteiger partial charge in [0, 0.05) is 37.7 Å². The van der Waals surface area contributed by atoms with E-state index >= 15 is 9.59 Å². The van der Waals surface area contributed by atoms with Gasteiger partial charge in [-0.15, -0.1) is 0 Å². The minimum Gasteiger partial charge on any atom is -0.497 e. The molecule has 1 N–H and O–H groups in total. The van der Waals surface area contributed by atoms with Crippen molar-refractivity contribution in [3.8, 4) is 23.0 Å². The summed E-state index contributed by atoms with van der Waals surface area (Å²) >= 11 is 0. The molecule has 4 aromatic carbocycles. The van der Waals surface area contributed by atoms with Crippen LogP contribution in [0.4, 0.5) is 21.0 Å². The summed E-state index contributed by atoms with van der Waals surface area (Å²) < 4.78 is 48.3. The first-order valence-corrected chi connectivity index (χ1v) is 34.2. The molecular weight excluding hydrogens is 1180 g/mol. The van der Waals surface area contributed by atoms with E-state index in [1.165, 1.54) is 29.1 Å². The van der Waals surface area contributed by atoms with E-state index in [0.717, 1.165) is 24.0 Å². The molecule has 5 aliphatic rings. The quantitative estimate of drug-likeness (QED) is 0.0214. The number of rotatable bonds is 25. The van der Waals surface area contributed by atoms with Crippen LogP contribution >= 0.6 is 0 Å². The SMILES string of the molecule is C=CCOC(=O)C[C@H](C(=O)N[C@@H](C)C(=O)Cc1ccc(COC(=O)N2c3cc(OCCCOc4cc5c(cc4OC)C(=O)N4C=C(c6ccc(OC)cc6)C[C@H]4CN5C(=O)OCC=C)c(C)cc3C(=O)N3CC4(CC4)C[C@H]3C2O[Si](C)(C)C(C)(C)C)cc1)C(C)C. The minimum absolute atomic E-state index is 0.0184. The number of nitrogens with one attached hydrogen (secondary N) is 1. The fourth-order valence-electron chi connectivity index (χ4n) is 11.9. The van der Waals surface area contributed by atoms with E-state index in [2.05, 4.69) is 52.3 Å². The van der Waals surface area contributed by atoms with Gasteiger partial charge in [0.2, 0.25) is 5.91 Å². The van der Waals surface area contributed by atoms with Crippen LogP contribution in [0.1, 0.15) is 123 Å². The number of hydrogen-bond acceptors (Lipinski definition) is 15. The highest BCUT2D eigenvalue weighted by Gasteiger charge is 2.60. The smallest absolute Gasteiger partial charge is 0.416 e. The van der Waals surface area contributed by atoms with E-state index in [1.807, 2.05) is 56.1 Å². The molecule has 2 fully saturated rings. The van der Waals surface area contributed by atoms with Crippen molar-refractivity contribution < 1.29 is 71.1 Å². The van der Waals surface area contributed by atoms with Crippen LogP contribution in [0.5, 0.6) is 23.0 Å².